The quantitative estimate of drug-likeness (QED) is 0.505. The third-order valence-corrected chi connectivity index (χ3v) is 4.06. The maximum atomic E-state index is 12.5. The SMILES string of the molecule is C/C=C/COc1ccc(C(=O)Nc2cccc(CNc3cccnc3N)c2)nc1. The highest BCUT2D eigenvalue weighted by Gasteiger charge is 2.08. The van der Waals surface area contributed by atoms with E-state index in [-0.39, 0.29) is 5.91 Å². The number of carbonyl (C=O) groups excluding carboxylic acids is 1. The number of pyridine rings is 2. The van der Waals surface area contributed by atoms with Crippen molar-refractivity contribution in [1.29, 1.82) is 0 Å². The van der Waals surface area contributed by atoms with Crippen LogP contribution >= 0.6 is 0 Å². The minimum absolute atomic E-state index is 0.286. The standard InChI is InChI=1S/C22H23N5O2/c1-2-3-12-29-18-9-10-20(26-15-18)22(28)27-17-7-4-6-16(13-17)14-25-19-8-5-11-24-21(19)23/h2-11,13,15,25H,12,14H2,1H3,(H2,23,24)(H,27,28)/b3-2+. The summed E-state index contributed by atoms with van der Waals surface area (Å²) in [6, 6.07) is 14.6. The number of hydrogen-bond donors (Lipinski definition) is 3. The van der Waals surface area contributed by atoms with Gasteiger partial charge in [0.25, 0.3) is 5.91 Å². The summed E-state index contributed by atoms with van der Waals surface area (Å²) in [6.45, 7) is 2.94. The zero-order chi connectivity index (χ0) is 20.5. The van der Waals surface area contributed by atoms with Crippen molar-refractivity contribution in [3.8, 4) is 5.75 Å². The zero-order valence-corrected chi connectivity index (χ0v) is 16.1. The first kappa shape index (κ1) is 19.9. The molecule has 4 N–H and O–H groups in total. The highest BCUT2D eigenvalue weighted by Crippen LogP contribution is 2.17. The second-order valence-electron chi connectivity index (χ2n) is 6.20. The summed E-state index contributed by atoms with van der Waals surface area (Å²) in [5, 5.41) is 6.10. The van der Waals surface area contributed by atoms with Crippen LogP contribution in [0.4, 0.5) is 17.2 Å². The molecule has 148 valence electrons. The van der Waals surface area contributed by atoms with Crippen LogP contribution in [0.3, 0.4) is 0 Å². The molecule has 7 heteroatoms. The smallest absolute Gasteiger partial charge is 0.274 e. The molecule has 7 nitrogen and oxygen atoms in total. The van der Waals surface area contributed by atoms with Gasteiger partial charge >= 0.3 is 0 Å². The average molecular weight is 389 g/mol. The van der Waals surface area contributed by atoms with Crippen LogP contribution in [0.5, 0.6) is 5.75 Å². The number of ether oxygens (including phenoxy) is 1. The first-order chi connectivity index (χ1) is 14.2. The van der Waals surface area contributed by atoms with E-state index in [1.807, 2.05) is 55.5 Å². The lowest BCUT2D eigenvalue weighted by molar-refractivity contribution is 0.102. The van der Waals surface area contributed by atoms with Gasteiger partial charge in [0, 0.05) is 18.4 Å². The molecule has 0 atom stereocenters. The van der Waals surface area contributed by atoms with E-state index in [9.17, 15) is 4.79 Å². The zero-order valence-electron chi connectivity index (χ0n) is 16.1. The Labute approximate surface area is 169 Å². The lowest BCUT2D eigenvalue weighted by Gasteiger charge is -2.10. The van der Waals surface area contributed by atoms with Gasteiger partial charge in [-0.25, -0.2) is 9.97 Å². The first-order valence-corrected chi connectivity index (χ1v) is 9.20. The lowest BCUT2D eigenvalue weighted by Crippen LogP contribution is -2.14. The molecule has 0 aliphatic rings. The van der Waals surface area contributed by atoms with Crippen molar-refractivity contribution in [2.75, 3.05) is 23.0 Å². The molecule has 0 fully saturated rings. The minimum Gasteiger partial charge on any atom is -0.488 e. The number of nitrogens with two attached hydrogens (primary N) is 1. The van der Waals surface area contributed by atoms with Crippen LogP contribution < -0.4 is 21.1 Å². The van der Waals surface area contributed by atoms with Gasteiger partial charge in [0.2, 0.25) is 0 Å². The molecule has 2 aromatic heterocycles. The predicted molar refractivity (Wildman–Crippen MR) is 115 cm³/mol. The van der Waals surface area contributed by atoms with E-state index >= 15 is 0 Å². The van der Waals surface area contributed by atoms with Gasteiger partial charge in [-0.05, 0) is 48.9 Å². The number of allylic oxidation sites excluding steroid dienone is 1. The third-order valence-electron chi connectivity index (χ3n) is 4.06. The van der Waals surface area contributed by atoms with Crippen LogP contribution in [0.15, 0.2) is 73.1 Å². The summed E-state index contributed by atoms with van der Waals surface area (Å²) in [5.41, 5.74) is 8.60. The molecule has 3 rings (SSSR count). The summed E-state index contributed by atoms with van der Waals surface area (Å²) in [6.07, 6.45) is 6.98. The molecule has 0 radical (unpaired) electrons. The Hall–Kier alpha value is -3.87. The minimum atomic E-state index is -0.286. The van der Waals surface area contributed by atoms with E-state index in [2.05, 4.69) is 20.6 Å². The van der Waals surface area contributed by atoms with Gasteiger partial charge in [-0.3, -0.25) is 4.79 Å². The molecule has 0 aliphatic heterocycles. The summed E-state index contributed by atoms with van der Waals surface area (Å²) >= 11 is 0. The molecular weight excluding hydrogens is 366 g/mol. The average Bonchev–Trinajstić information content (AvgIpc) is 2.74. The van der Waals surface area contributed by atoms with Crippen molar-refractivity contribution in [3.63, 3.8) is 0 Å². The van der Waals surface area contributed by atoms with Crippen molar-refractivity contribution in [3.05, 3.63) is 84.3 Å². The van der Waals surface area contributed by atoms with Crippen molar-refractivity contribution in [1.82, 2.24) is 9.97 Å². The molecule has 0 unspecified atom stereocenters. The molecule has 0 saturated heterocycles. The molecule has 1 aromatic carbocycles. The molecule has 1 amide bonds. The summed E-state index contributed by atoms with van der Waals surface area (Å²) in [7, 11) is 0. The second kappa shape index (κ2) is 9.89. The fraction of sp³-hybridized carbons (Fsp3) is 0.136. The van der Waals surface area contributed by atoms with Crippen molar-refractivity contribution in [2.24, 2.45) is 0 Å². The van der Waals surface area contributed by atoms with Crippen molar-refractivity contribution >= 4 is 23.1 Å². The monoisotopic (exact) mass is 389 g/mol. The number of nitrogen functional groups attached to an aromatic ring is 1. The Balaban J connectivity index is 1.59. The molecule has 0 saturated carbocycles. The Morgan fingerprint density at radius 3 is 2.83 bits per heavy atom. The Morgan fingerprint density at radius 1 is 1.17 bits per heavy atom. The maximum absolute atomic E-state index is 12.5. The number of nitrogens with zero attached hydrogens (tertiary/aromatic N) is 2. The number of rotatable bonds is 8. The third kappa shape index (κ3) is 5.80. The molecule has 3 aromatic rings. The summed E-state index contributed by atoms with van der Waals surface area (Å²) in [4.78, 5) is 20.7. The van der Waals surface area contributed by atoms with Crippen LogP contribution in [0.2, 0.25) is 0 Å². The van der Waals surface area contributed by atoms with Gasteiger partial charge in [-0.1, -0.05) is 24.3 Å². The second-order valence-corrected chi connectivity index (χ2v) is 6.20. The number of benzene rings is 1. The van der Waals surface area contributed by atoms with Crippen LogP contribution in [0.1, 0.15) is 23.0 Å². The number of hydrogen-bond acceptors (Lipinski definition) is 6. The van der Waals surface area contributed by atoms with Crippen molar-refractivity contribution in [2.45, 2.75) is 13.5 Å². The van der Waals surface area contributed by atoms with Gasteiger partial charge in [-0.2, -0.15) is 0 Å². The summed E-state index contributed by atoms with van der Waals surface area (Å²) < 4.78 is 5.49. The topological polar surface area (TPSA) is 102 Å². The van der Waals surface area contributed by atoms with E-state index < -0.39 is 0 Å². The molecule has 2 heterocycles. The lowest BCUT2D eigenvalue weighted by atomic mass is 10.2. The maximum Gasteiger partial charge on any atom is 0.274 e. The highest BCUT2D eigenvalue weighted by molar-refractivity contribution is 6.02. The van der Waals surface area contributed by atoms with E-state index in [0.29, 0.717) is 36.1 Å². The van der Waals surface area contributed by atoms with Crippen LogP contribution in [-0.2, 0) is 6.54 Å². The van der Waals surface area contributed by atoms with Gasteiger partial charge in [0.1, 0.15) is 23.9 Å². The molecule has 29 heavy (non-hydrogen) atoms. The largest absolute Gasteiger partial charge is 0.488 e. The Bertz CT molecular complexity index is 987. The first-order valence-electron chi connectivity index (χ1n) is 9.20. The fourth-order valence-corrected chi connectivity index (χ4v) is 2.56. The van der Waals surface area contributed by atoms with E-state index in [4.69, 9.17) is 10.5 Å². The Kier molecular flexibility index (Phi) is 6.78. The number of amides is 1. The predicted octanol–water partition coefficient (Wildman–Crippen LogP) is 3.88. The number of carbonyl (C=O) groups is 1. The van der Waals surface area contributed by atoms with Crippen LogP contribution in [0, 0.1) is 0 Å². The fourth-order valence-electron chi connectivity index (χ4n) is 2.56. The van der Waals surface area contributed by atoms with Gasteiger partial charge in [0.05, 0.1) is 11.9 Å². The number of anilines is 3. The highest BCUT2D eigenvalue weighted by atomic mass is 16.5. The molecule has 0 bridgehead atoms. The van der Waals surface area contributed by atoms with Crippen LogP contribution in [-0.4, -0.2) is 22.5 Å². The van der Waals surface area contributed by atoms with Crippen LogP contribution in [0.25, 0.3) is 0 Å². The van der Waals surface area contributed by atoms with Gasteiger partial charge < -0.3 is 21.1 Å². The van der Waals surface area contributed by atoms with E-state index in [1.165, 1.54) is 6.20 Å². The normalized spacial score (nSPS) is 10.7. The van der Waals surface area contributed by atoms with E-state index in [1.54, 1.807) is 18.3 Å². The Morgan fingerprint density at radius 2 is 2.07 bits per heavy atom. The number of aromatic nitrogens is 2. The van der Waals surface area contributed by atoms with Gasteiger partial charge in [0.15, 0.2) is 0 Å². The molecule has 0 spiro atoms. The molecule has 0 aliphatic carbocycles. The molecular formula is C22H23N5O2. The van der Waals surface area contributed by atoms with Crippen molar-refractivity contribution < 1.29 is 9.53 Å². The van der Waals surface area contributed by atoms with Gasteiger partial charge in [-0.15, -0.1) is 0 Å². The van der Waals surface area contributed by atoms with E-state index in [0.717, 1.165) is 11.3 Å². The summed E-state index contributed by atoms with van der Waals surface area (Å²) in [5.74, 6) is 0.773. The number of nitrogens with one attached hydrogen (secondary N) is 2.